The number of hydrogen-bond acceptors (Lipinski definition) is 2. The van der Waals surface area contributed by atoms with Crippen molar-refractivity contribution >= 4 is 29.6 Å². The van der Waals surface area contributed by atoms with Gasteiger partial charge >= 0.3 is 29.6 Å². The second kappa shape index (κ2) is 5.92. The Kier molecular flexibility index (Phi) is 9.89. The van der Waals surface area contributed by atoms with Gasteiger partial charge in [-0.1, -0.05) is 0 Å². The van der Waals surface area contributed by atoms with E-state index >= 15 is 0 Å². The molecular weight excluding hydrogens is 91.0 g/mol. The molecule has 0 aromatic heterocycles. The third-order valence-corrected chi connectivity index (χ3v) is 0.211. The van der Waals surface area contributed by atoms with Crippen molar-refractivity contribution in [3.8, 4) is 0 Å². The summed E-state index contributed by atoms with van der Waals surface area (Å²) in [4.78, 5) is 3.75. The molecular formula is C3H9NaO2. The van der Waals surface area contributed by atoms with Gasteiger partial charge in [0, 0.05) is 0 Å². The van der Waals surface area contributed by atoms with E-state index in [1.54, 1.807) is 13.8 Å². The van der Waals surface area contributed by atoms with Gasteiger partial charge in [0.15, 0.2) is 0 Å². The molecule has 0 saturated heterocycles. The zero-order chi connectivity index (χ0) is 4.28. The van der Waals surface area contributed by atoms with E-state index in [-0.39, 0.29) is 35.7 Å². The predicted molar refractivity (Wildman–Crippen MR) is 26.0 cm³/mol. The number of rotatable bonds is 1. The van der Waals surface area contributed by atoms with Crippen LogP contribution in [-0.2, 0) is 4.89 Å². The standard InChI is InChI=1S/C3H8O2.Na.H/c1-3(2)5-4;;/h3-4H,1-2H3;;. The molecule has 0 radical (unpaired) electrons. The molecule has 0 aliphatic heterocycles. The SMILES string of the molecule is CC(C)OO.[NaH]. The van der Waals surface area contributed by atoms with Crippen LogP contribution in [0.3, 0.4) is 0 Å². The Bertz CT molecular complexity index is 22.8. The maximum absolute atomic E-state index is 7.64. The summed E-state index contributed by atoms with van der Waals surface area (Å²) < 4.78 is 0. The van der Waals surface area contributed by atoms with Gasteiger partial charge in [-0.2, -0.15) is 0 Å². The molecule has 0 unspecified atom stereocenters. The van der Waals surface area contributed by atoms with E-state index in [0.29, 0.717) is 0 Å². The molecule has 2 nitrogen and oxygen atoms in total. The van der Waals surface area contributed by atoms with E-state index < -0.39 is 0 Å². The number of hydrogen-bond donors (Lipinski definition) is 1. The van der Waals surface area contributed by atoms with Crippen LogP contribution in [0.4, 0.5) is 0 Å². The van der Waals surface area contributed by atoms with Crippen molar-refractivity contribution < 1.29 is 10.1 Å². The molecule has 0 atom stereocenters. The first-order valence-electron chi connectivity index (χ1n) is 1.57. The van der Waals surface area contributed by atoms with Crippen LogP contribution >= 0.6 is 0 Å². The summed E-state index contributed by atoms with van der Waals surface area (Å²) in [6.07, 6.45) is -0.0602. The van der Waals surface area contributed by atoms with E-state index in [1.165, 1.54) is 0 Å². The van der Waals surface area contributed by atoms with Gasteiger partial charge in [0.25, 0.3) is 0 Å². The van der Waals surface area contributed by atoms with E-state index in [1.807, 2.05) is 0 Å². The summed E-state index contributed by atoms with van der Waals surface area (Å²) in [7, 11) is 0. The van der Waals surface area contributed by atoms with Gasteiger partial charge in [-0.15, -0.1) is 0 Å². The first-order chi connectivity index (χ1) is 2.27. The van der Waals surface area contributed by atoms with Crippen LogP contribution in [-0.4, -0.2) is 40.9 Å². The van der Waals surface area contributed by atoms with Crippen LogP contribution < -0.4 is 0 Å². The Morgan fingerprint density at radius 2 is 1.67 bits per heavy atom. The summed E-state index contributed by atoms with van der Waals surface area (Å²) in [5.74, 6) is 0. The molecule has 0 aliphatic rings. The minimum atomic E-state index is -0.0602. The van der Waals surface area contributed by atoms with Crippen molar-refractivity contribution in [1.29, 1.82) is 0 Å². The monoisotopic (exact) mass is 100 g/mol. The molecule has 1 N–H and O–H groups in total. The molecule has 0 amide bonds. The van der Waals surface area contributed by atoms with Crippen LogP contribution in [0.1, 0.15) is 13.8 Å². The van der Waals surface area contributed by atoms with Crippen molar-refractivity contribution in [3.05, 3.63) is 0 Å². The van der Waals surface area contributed by atoms with Gasteiger partial charge in [0.2, 0.25) is 0 Å². The van der Waals surface area contributed by atoms with Gasteiger partial charge in [-0.05, 0) is 13.8 Å². The van der Waals surface area contributed by atoms with E-state index in [2.05, 4.69) is 4.89 Å². The molecule has 0 saturated carbocycles. The Morgan fingerprint density at radius 3 is 1.67 bits per heavy atom. The minimum absolute atomic E-state index is 0. The summed E-state index contributed by atoms with van der Waals surface area (Å²) in [5, 5.41) is 7.64. The van der Waals surface area contributed by atoms with Crippen molar-refractivity contribution in [3.63, 3.8) is 0 Å². The van der Waals surface area contributed by atoms with Crippen molar-refractivity contribution in [2.24, 2.45) is 0 Å². The predicted octanol–water partition coefficient (Wildman–Crippen LogP) is 0.236. The molecule has 6 heavy (non-hydrogen) atoms. The molecule has 0 fully saturated rings. The van der Waals surface area contributed by atoms with Crippen LogP contribution in [0.25, 0.3) is 0 Å². The van der Waals surface area contributed by atoms with Crippen molar-refractivity contribution in [1.82, 2.24) is 0 Å². The topological polar surface area (TPSA) is 29.5 Å². The summed E-state index contributed by atoms with van der Waals surface area (Å²) in [5.41, 5.74) is 0. The van der Waals surface area contributed by atoms with Gasteiger partial charge in [0.1, 0.15) is 0 Å². The quantitative estimate of drug-likeness (QED) is 0.290. The molecule has 0 spiro atoms. The molecule has 3 heteroatoms. The van der Waals surface area contributed by atoms with Gasteiger partial charge in [-0.3, -0.25) is 5.26 Å². The molecule has 0 bridgehead atoms. The van der Waals surface area contributed by atoms with E-state index in [9.17, 15) is 0 Å². The van der Waals surface area contributed by atoms with Crippen LogP contribution in [0.5, 0.6) is 0 Å². The Morgan fingerprint density at radius 1 is 1.50 bits per heavy atom. The fourth-order valence-corrected chi connectivity index (χ4v) is 0. The third kappa shape index (κ3) is 8.87. The normalized spacial score (nSPS) is 8.00. The van der Waals surface area contributed by atoms with Crippen LogP contribution in [0, 0.1) is 0 Å². The fraction of sp³-hybridized carbons (Fsp3) is 1.00. The summed E-state index contributed by atoms with van der Waals surface area (Å²) >= 11 is 0. The Hall–Kier alpha value is 0.920. The fourth-order valence-electron chi connectivity index (χ4n) is 0. The van der Waals surface area contributed by atoms with E-state index in [0.717, 1.165) is 0 Å². The van der Waals surface area contributed by atoms with Gasteiger partial charge < -0.3 is 0 Å². The maximum atomic E-state index is 7.64. The average molecular weight is 100 g/mol. The first-order valence-corrected chi connectivity index (χ1v) is 1.57. The van der Waals surface area contributed by atoms with E-state index in [4.69, 9.17) is 5.26 Å². The van der Waals surface area contributed by atoms with Crippen LogP contribution in [0.2, 0.25) is 0 Å². The molecule has 0 rings (SSSR count). The van der Waals surface area contributed by atoms with Gasteiger partial charge in [0.05, 0.1) is 6.10 Å². The average Bonchev–Trinajstić information content (AvgIpc) is 1.38. The Labute approximate surface area is 59.7 Å². The summed E-state index contributed by atoms with van der Waals surface area (Å²) in [6.45, 7) is 3.50. The molecule has 0 aromatic carbocycles. The zero-order valence-corrected chi connectivity index (χ0v) is 3.43. The first kappa shape index (κ1) is 10.0. The zero-order valence-electron chi connectivity index (χ0n) is 3.43. The summed E-state index contributed by atoms with van der Waals surface area (Å²) in [6, 6.07) is 0. The van der Waals surface area contributed by atoms with Gasteiger partial charge in [-0.25, -0.2) is 4.89 Å². The third-order valence-electron chi connectivity index (χ3n) is 0.211. The second-order valence-corrected chi connectivity index (χ2v) is 1.15. The molecule has 0 aromatic rings. The molecule has 0 heterocycles. The molecule has 34 valence electrons. The molecule has 0 aliphatic carbocycles. The Balaban J connectivity index is 0. The second-order valence-electron chi connectivity index (χ2n) is 1.15. The van der Waals surface area contributed by atoms with Crippen LogP contribution in [0.15, 0.2) is 0 Å². The van der Waals surface area contributed by atoms with Crippen molar-refractivity contribution in [2.45, 2.75) is 20.0 Å². The van der Waals surface area contributed by atoms with Crippen molar-refractivity contribution in [2.75, 3.05) is 0 Å².